The highest BCUT2D eigenvalue weighted by Crippen LogP contribution is 2.36. The van der Waals surface area contributed by atoms with Gasteiger partial charge in [0.25, 0.3) is 0 Å². The maximum absolute atomic E-state index is 3.79. The Morgan fingerprint density at radius 1 is 1.04 bits per heavy atom. The highest BCUT2D eigenvalue weighted by atomic mass is 35.5. The van der Waals surface area contributed by atoms with E-state index >= 15 is 0 Å². The molecule has 0 bridgehead atoms. The molecule has 1 N–H and O–H groups in total. The molecule has 1 unspecified atom stereocenters. The summed E-state index contributed by atoms with van der Waals surface area (Å²) in [5.41, 5.74) is 5.34. The summed E-state index contributed by atoms with van der Waals surface area (Å²) in [7, 11) is 0. The van der Waals surface area contributed by atoms with Gasteiger partial charge in [-0.05, 0) is 53.8 Å². The summed E-state index contributed by atoms with van der Waals surface area (Å²) in [4.78, 5) is 1.38. The van der Waals surface area contributed by atoms with Gasteiger partial charge in [0, 0.05) is 28.0 Å². The topological polar surface area (TPSA) is 17.0 Å². The molecule has 0 saturated heterocycles. The van der Waals surface area contributed by atoms with E-state index in [0.717, 1.165) is 6.54 Å². The van der Waals surface area contributed by atoms with Crippen molar-refractivity contribution in [1.29, 1.82) is 0 Å². The van der Waals surface area contributed by atoms with Gasteiger partial charge in [0.15, 0.2) is 0 Å². The number of nitrogens with zero attached hydrogens (tertiary/aromatic N) is 1. The smallest absolute Gasteiger partial charge is 0.0831 e. The molecule has 25 heavy (non-hydrogen) atoms. The predicted molar refractivity (Wildman–Crippen MR) is 108 cm³/mol. The van der Waals surface area contributed by atoms with E-state index in [0.29, 0.717) is 0 Å². The monoisotopic (exact) mass is 366 g/mol. The number of benzene rings is 2. The fraction of sp³-hybridized carbons (Fsp3) is 0.143. The molecule has 3 heterocycles. The maximum atomic E-state index is 3.79. The molecule has 0 saturated carbocycles. The highest BCUT2D eigenvalue weighted by Gasteiger charge is 2.24. The Labute approximate surface area is 157 Å². The molecule has 1 aliphatic heterocycles. The second-order valence-corrected chi connectivity index (χ2v) is 7.49. The lowest BCUT2D eigenvalue weighted by atomic mass is 10.1. The molecule has 4 heteroatoms. The Bertz CT molecular complexity index is 1010. The third-order valence-electron chi connectivity index (χ3n) is 4.93. The van der Waals surface area contributed by atoms with Crippen LogP contribution in [0.2, 0.25) is 0 Å². The van der Waals surface area contributed by atoms with Gasteiger partial charge in [-0.25, -0.2) is 0 Å². The molecule has 0 radical (unpaired) electrons. The molecule has 2 aromatic heterocycles. The quantitative estimate of drug-likeness (QED) is 0.463. The normalized spacial score (nSPS) is 16.0. The van der Waals surface area contributed by atoms with Crippen LogP contribution in [-0.4, -0.2) is 4.57 Å². The van der Waals surface area contributed by atoms with Gasteiger partial charge < -0.3 is 9.88 Å². The fourth-order valence-corrected chi connectivity index (χ4v) is 4.84. The van der Waals surface area contributed by atoms with Crippen LogP contribution in [0.5, 0.6) is 0 Å². The van der Waals surface area contributed by atoms with Crippen molar-refractivity contribution in [2.75, 3.05) is 0 Å². The lowest BCUT2D eigenvalue weighted by Gasteiger charge is -2.15. The average molecular weight is 367 g/mol. The van der Waals surface area contributed by atoms with Crippen LogP contribution in [0.1, 0.15) is 27.7 Å². The number of thiophene rings is 1. The third-order valence-corrected chi connectivity index (χ3v) is 6.11. The minimum absolute atomic E-state index is 0. The van der Waals surface area contributed by atoms with Gasteiger partial charge in [-0.15, -0.1) is 23.7 Å². The van der Waals surface area contributed by atoms with Crippen LogP contribution in [0.3, 0.4) is 0 Å². The first-order chi connectivity index (χ1) is 11.8. The molecule has 2 nitrogen and oxygen atoms in total. The Hall–Kier alpha value is -2.07. The zero-order chi connectivity index (χ0) is 16.1. The van der Waals surface area contributed by atoms with Crippen LogP contribution in [-0.2, 0) is 6.54 Å². The average Bonchev–Trinajstić information content (AvgIpc) is 3.20. The van der Waals surface area contributed by atoms with E-state index in [1.54, 1.807) is 0 Å². The van der Waals surface area contributed by atoms with Crippen LogP contribution >= 0.6 is 23.7 Å². The van der Waals surface area contributed by atoms with Crippen molar-refractivity contribution in [2.24, 2.45) is 0 Å². The van der Waals surface area contributed by atoms with Gasteiger partial charge in [-0.2, -0.15) is 0 Å². The summed E-state index contributed by atoms with van der Waals surface area (Å²) in [6, 6.07) is 22.1. The predicted octanol–water partition coefficient (Wildman–Crippen LogP) is 5.61. The van der Waals surface area contributed by atoms with Gasteiger partial charge >= 0.3 is 0 Å². The molecule has 1 aliphatic rings. The number of hydrogen-bond donors (Lipinski definition) is 1. The first kappa shape index (κ1) is 16.4. The minimum Gasteiger partial charge on any atom is -0.319 e. The zero-order valence-corrected chi connectivity index (χ0v) is 15.5. The summed E-state index contributed by atoms with van der Waals surface area (Å²) >= 11 is 1.89. The van der Waals surface area contributed by atoms with Crippen molar-refractivity contribution in [1.82, 2.24) is 9.88 Å². The molecule has 5 rings (SSSR count). The molecule has 2 aromatic carbocycles. The molecule has 4 aromatic rings. The molecule has 0 aliphatic carbocycles. The Balaban J connectivity index is 0.00000157. The SMILES string of the molecule is Cc1cccc2c1CNC(c1cc3ccccc3s1)c1cccn1-2.Cl. The van der Waals surface area contributed by atoms with Crippen LogP contribution in [0.25, 0.3) is 15.8 Å². The van der Waals surface area contributed by atoms with Crippen molar-refractivity contribution in [3.05, 3.63) is 88.6 Å². The number of aryl methyl sites for hydroxylation is 1. The van der Waals surface area contributed by atoms with Gasteiger partial charge in [0.2, 0.25) is 0 Å². The van der Waals surface area contributed by atoms with E-state index < -0.39 is 0 Å². The fourth-order valence-electron chi connectivity index (χ4n) is 3.69. The van der Waals surface area contributed by atoms with E-state index in [4.69, 9.17) is 0 Å². The zero-order valence-electron chi connectivity index (χ0n) is 13.9. The second kappa shape index (κ2) is 6.34. The number of halogens is 1. The second-order valence-electron chi connectivity index (χ2n) is 6.38. The van der Waals surface area contributed by atoms with Crippen LogP contribution in [0, 0.1) is 6.92 Å². The summed E-state index contributed by atoms with van der Waals surface area (Å²) < 4.78 is 3.70. The Morgan fingerprint density at radius 3 is 2.80 bits per heavy atom. The molecule has 1 atom stereocenters. The van der Waals surface area contributed by atoms with Gasteiger partial charge in [-0.3, -0.25) is 0 Å². The molecule has 0 spiro atoms. The third kappa shape index (κ3) is 2.60. The van der Waals surface area contributed by atoms with Crippen molar-refractivity contribution in [3.63, 3.8) is 0 Å². The Kier molecular flexibility index (Phi) is 4.16. The van der Waals surface area contributed by atoms with E-state index in [1.165, 1.54) is 37.5 Å². The lowest BCUT2D eigenvalue weighted by molar-refractivity contribution is 0.608. The van der Waals surface area contributed by atoms with Gasteiger partial charge in [0.1, 0.15) is 0 Å². The van der Waals surface area contributed by atoms with Crippen molar-refractivity contribution < 1.29 is 0 Å². The molecular formula is C21H19ClN2S. The van der Waals surface area contributed by atoms with Crippen molar-refractivity contribution in [3.8, 4) is 5.69 Å². The lowest BCUT2D eigenvalue weighted by Crippen LogP contribution is -2.20. The molecular weight excluding hydrogens is 348 g/mol. The van der Waals surface area contributed by atoms with E-state index in [2.05, 4.69) is 83.7 Å². The highest BCUT2D eigenvalue weighted by molar-refractivity contribution is 7.19. The van der Waals surface area contributed by atoms with Crippen molar-refractivity contribution in [2.45, 2.75) is 19.5 Å². The van der Waals surface area contributed by atoms with Gasteiger partial charge in [-0.1, -0.05) is 30.3 Å². The summed E-state index contributed by atoms with van der Waals surface area (Å²) in [6.07, 6.45) is 2.18. The largest absolute Gasteiger partial charge is 0.319 e. The van der Waals surface area contributed by atoms with Crippen molar-refractivity contribution >= 4 is 33.8 Å². The molecule has 0 fully saturated rings. The number of hydrogen-bond acceptors (Lipinski definition) is 2. The standard InChI is InChI=1S/C21H18N2S.ClH/c1-14-6-4-8-17-16(14)13-22-21(18-9-5-11-23(17)18)20-12-15-7-2-3-10-19(15)24-20;/h2-12,21-22H,13H2,1H3;1H. The molecule has 126 valence electrons. The number of fused-ring (bicyclic) bond motifs is 4. The summed E-state index contributed by atoms with van der Waals surface area (Å²) in [5, 5.41) is 5.12. The van der Waals surface area contributed by atoms with Crippen LogP contribution < -0.4 is 5.32 Å². The Morgan fingerprint density at radius 2 is 1.92 bits per heavy atom. The summed E-state index contributed by atoms with van der Waals surface area (Å²) in [5.74, 6) is 0. The number of aromatic nitrogens is 1. The first-order valence-electron chi connectivity index (χ1n) is 8.29. The van der Waals surface area contributed by atoms with E-state index in [-0.39, 0.29) is 18.4 Å². The van der Waals surface area contributed by atoms with E-state index in [9.17, 15) is 0 Å². The maximum Gasteiger partial charge on any atom is 0.0831 e. The molecule has 0 amide bonds. The van der Waals surface area contributed by atoms with Gasteiger partial charge in [0.05, 0.1) is 11.7 Å². The minimum atomic E-state index is 0. The summed E-state index contributed by atoms with van der Waals surface area (Å²) in [6.45, 7) is 3.09. The van der Waals surface area contributed by atoms with Crippen LogP contribution in [0.4, 0.5) is 0 Å². The van der Waals surface area contributed by atoms with Crippen LogP contribution in [0.15, 0.2) is 66.9 Å². The number of nitrogens with one attached hydrogen (secondary N) is 1. The first-order valence-corrected chi connectivity index (χ1v) is 9.11. The number of rotatable bonds is 1. The van der Waals surface area contributed by atoms with E-state index in [1.807, 2.05) is 11.3 Å².